The molecule has 2 heterocycles. The standard InChI is InChI=1S/C10H8Cl2N2O/c1-13-10-8(12)4-7(11)9(14-10)6-2-3-15-5-6/h2-5H,1H3,(H,13,14). The van der Waals surface area contributed by atoms with Crippen LogP contribution < -0.4 is 5.32 Å². The van der Waals surface area contributed by atoms with Gasteiger partial charge in [0.2, 0.25) is 0 Å². The number of hydrogen-bond acceptors (Lipinski definition) is 3. The zero-order valence-corrected chi connectivity index (χ0v) is 9.43. The van der Waals surface area contributed by atoms with E-state index in [1.807, 2.05) is 0 Å². The summed E-state index contributed by atoms with van der Waals surface area (Å²) in [4.78, 5) is 4.30. The molecule has 0 atom stereocenters. The van der Waals surface area contributed by atoms with Gasteiger partial charge in [0, 0.05) is 12.6 Å². The van der Waals surface area contributed by atoms with E-state index in [0.29, 0.717) is 21.6 Å². The Bertz CT molecular complexity index is 469. The molecule has 0 aliphatic carbocycles. The first kappa shape index (κ1) is 10.3. The van der Waals surface area contributed by atoms with E-state index in [-0.39, 0.29) is 0 Å². The Morgan fingerprint density at radius 3 is 2.73 bits per heavy atom. The predicted octanol–water partition coefficient (Wildman–Crippen LogP) is 3.69. The third kappa shape index (κ3) is 1.94. The molecule has 0 aliphatic rings. The summed E-state index contributed by atoms with van der Waals surface area (Å²) in [5.41, 5.74) is 1.48. The summed E-state index contributed by atoms with van der Waals surface area (Å²) in [7, 11) is 1.75. The smallest absolute Gasteiger partial charge is 0.145 e. The Morgan fingerprint density at radius 2 is 2.13 bits per heavy atom. The largest absolute Gasteiger partial charge is 0.472 e. The van der Waals surface area contributed by atoms with Crippen molar-refractivity contribution in [2.75, 3.05) is 12.4 Å². The molecule has 0 aromatic carbocycles. The van der Waals surface area contributed by atoms with E-state index < -0.39 is 0 Å². The van der Waals surface area contributed by atoms with Crippen molar-refractivity contribution in [2.45, 2.75) is 0 Å². The normalized spacial score (nSPS) is 10.3. The zero-order chi connectivity index (χ0) is 10.8. The number of anilines is 1. The molecular weight excluding hydrogens is 235 g/mol. The van der Waals surface area contributed by atoms with Crippen molar-refractivity contribution in [2.24, 2.45) is 0 Å². The predicted molar refractivity (Wildman–Crippen MR) is 61.5 cm³/mol. The lowest BCUT2D eigenvalue weighted by Crippen LogP contribution is -1.95. The second-order valence-electron chi connectivity index (χ2n) is 2.91. The maximum Gasteiger partial charge on any atom is 0.145 e. The van der Waals surface area contributed by atoms with E-state index in [9.17, 15) is 0 Å². The maximum absolute atomic E-state index is 6.03. The Labute approximate surface area is 97.0 Å². The van der Waals surface area contributed by atoms with Crippen LogP contribution in [0.1, 0.15) is 0 Å². The van der Waals surface area contributed by atoms with Gasteiger partial charge in [-0.05, 0) is 12.1 Å². The quantitative estimate of drug-likeness (QED) is 0.873. The molecule has 1 N–H and O–H groups in total. The molecular formula is C10H8Cl2N2O. The van der Waals surface area contributed by atoms with Gasteiger partial charge in [-0.15, -0.1) is 0 Å². The summed E-state index contributed by atoms with van der Waals surface area (Å²) in [5, 5.41) is 3.89. The first-order chi connectivity index (χ1) is 7.22. The van der Waals surface area contributed by atoms with Crippen molar-refractivity contribution in [1.82, 2.24) is 4.98 Å². The first-order valence-corrected chi connectivity index (χ1v) is 5.04. The lowest BCUT2D eigenvalue weighted by Gasteiger charge is -2.06. The van der Waals surface area contributed by atoms with Crippen LogP contribution in [0.25, 0.3) is 11.3 Å². The van der Waals surface area contributed by atoms with Crippen LogP contribution in [0.2, 0.25) is 10.0 Å². The average Bonchev–Trinajstić information content (AvgIpc) is 2.71. The van der Waals surface area contributed by atoms with Gasteiger partial charge in [0.15, 0.2) is 0 Å². The molecule has 0 unspecified atom stereocenters. The molecule has 2 aromatic heterocycles. The molecule has 5 heteroatoms. The molecule has 2 aromatic rings. The molecule has 0 amide bonds. The van der Waals surface area contributed by atoms with Crippen molar-refractivity contribution in [1.29, 1.82) is 0 Å². The van der Waals surface area contributed by atoms with E-state index in [0.717, 1.165) is 5.56 Å². The Morgan fingerprint density at radius 1 is 1.33 bits per heavy atom. The average molecular weight is 243 g/mol. The third-order valence-corrected chi connectivity index (χ3v) is 2.54. The zero-order valence-electron chi connectivity index (χ0n) is 7.92. The second-order valence-corrected chi connectivity index (χ2v) is 3.73. The van der Waals surface area contributed by atoms with Crippen molar-refractivity contribution in [3.05, 3.63) is 34.7 Å². The summed E-state index contributed by atoms with van der Waals surface area (Å²) in [6.45, 7) is 0. The van der Waals surface area contributed by atoms with Gasteiger partial charge in [0.05, 0.1) is 28.3 Å². The van der Waals surface area contributed by atoms with Gasteiger partial charge in [-0.1, -0.05) is 23.2 Å². The highest BCUT2D eigenvalue weighted by molar-refractivity contribution is 6.37. The number of halogens is 2. The summed E-state index contributed by atoms with van der Waals surface area (Å²) in [6, 6.07) is 3.45. The van der Waals surface area contributed by atoms with Crippen molar-refractivity contribution >= 4 is 29.0 Å². The highest BCUT2D eigenvalue weighted by Crippen LogP contribution is 2.32. The fraction of sp³-hybridized carbons (Fsp3) is 0.100. The Kier molecular flexibility index (Phi) is 2.84. The monoisotopic (exact) mass is 242 g/mol. The molecule has 0 radical (unpaired) electrons. The molecule has 3 nitrogen and oxygen atoms in total. The number of pyridine rings is 1. The fourth-order valence-corrected chi connectivity index (χ4v) is 1.81. The van der Waals surface area contributed by atoms with E-state index in [4.69, 9.17) is 27.6 Å². The lowest BCUT2D eigenvalue weighted by atomic mass is 10.2. The van der Waals surface area contributed by atoms with Gasteiger partial charge in [-0.3, -0.25) is 0 Å². The van der Waals surface area contributed by atoms with E-state index in [2.05, 4.69) is 10.3 Å². The minimum absolute atomic E-state index is 0.495. The number of nitrogens with one attached hydrogen (secondary N) is 1. The minimum atomic E-state index is 0.495. The van der Waals surface area contributed by atoms with Crippen LogP contribution in [0.15, 0.2) is 29.1 Å². The summed E-state index contributed by atoms with van der Waals surface area (Å²) in [5.74, 6) is 0.595. The number of hydrogen-bond donors (Lipinski definition) is 1. The van der Waals surface area contributed by atoms with Gasteiger partial charge < -0.3 is 9.73 Å². The molecule has 78 valence electrons. The molecule has 0 saturated heterocycles. The van der Waals surface area contributed by atoms with Crippen LogP contribution in [0.5, 0.6) is 0 Å². The molecule has 2 rings (SSSR count). The summed E-state index contributed by atoms with van der Waals surface area (Å²) >= 11 is 12.0. The molecule has 0 fully saturated rings. The van der Waals surface area contributed by atoms with E-state index in [1.54, 1.807) is 31.7 Å². The van der Waals surface area contributed by atoms with Gasteiger partial charge in [-0.2, -0.15) is 0 Å². The Balaban J connectivity index is 2.57. The topological polar surface area (TPSA) is 38.1 Å². The van der Waals surface area contributed by atoms with Gasteiger partial charge in [-0.25, -0.2) is 4.98 Å². The van der Waals surface area contributed by atoms with Crippen LogP contribution in [0.4, 0.5) is 5.82 Å². The summed E-state index contributed by atoms with van der Waals surface area (Å²) in [6.07, 6.45) is 3.16. The fourth-order valence-electron chi connectivity index (χ4n) is 1.24. The lowest BCUT2D eigenvalue weighted by molar-refractivity contribution is 0.568. The summed E-state index contributed by atoms with van der Waals surface area (Å²) < 4.78 is 4.98. The van der Waals surface area contributed by atoms with Crippen molar-refractivity contribution in [3.8, 4) is 11.3 Å². The number of nitrogens with zero attached hydrogens (tertiary/aromatic N) is 1. The molecule has 0 spiro atoms. The van der Waals surface area contributed by atoms with Crippen LogP contribution in [0.3, 0.4) is 0 Å². The van der Waals surface area contributed by atoms with Crippen LogP contribution in [-0.4, -0.2) is 12.0 Å². The van der Waals surface area contributed by atoms with E-state index >= 15 is 0 Å². The molecule has 0 aliphatic heterocycles. The highest BCUT2D eigenvalue weighted by atomic mass is 35.5. The molecule has 0 bridgehead atoms. The highest BCUT2D eigenvalue weighted by Gasteiger charge is 2.10. The Hall–Kier alpha value is -1.19. The van der Waals surface area contributed by atoms with Crippen LogP contribution in [-0.2, 0) is 0 Å². The van der Waals surface area contributed by atoms with Gasteiger partial charge >= 0.3 is 0 Å². The SMILES string of the molecule is CNc1nc(-c2ccoc2)c(Cl)cc1Cl. The first-order valence-electron chi connectivity index (χ1n) is 4.28. The van der Waals surface area contributed by atoms with Crippen molar-refractivity contribution in [3.63, 3.8) is 0 Å². The third-order valence-electron chi connectivity index (χ3n) is 1.96. The van der Waals surface area contributed by atoms with Crippen molar-refractivity contribution < 1.29 is 4.42 Å². The minimum Gasteiger partial charge on any atom is -0.472 e. The molecule has 15 heavy (non-hydrogen) atoms. The van der Waals surface area contributed by atoms with Crippen LogP contribution in [0, 0.1) is 0 Å². The molecule has 0 saturated carbocycles. The van der Waals surface area contributed by atoms with E-state index in [1.165, 1.54) is 0 Å². The van der Waals surface area contributed by atoms with Crippen LogP contribution >= 0.6 is 23.2 Å². The maximum atomic E-state index is 6.03. The second kappa shape index (κ2) is 4.13. The number of furan rings is 1. The number of rotatable bonds is 2. The number of aromatic nitrogens is 1. The van der Waals surface area contributed by atoms with Gasteiger partial charge in [0.1, 0.15) is 5.82 Å². The van der Waals surface area contributed by atoms with Gasteiger partial charge in [0.25, 0.3) is 0 Å².